The van der Waals surface area contributed by atoms with E-state index in [1.807, 2.05) is 0 Å². The van der Waals surface area contributed by atoms with Crippen LogP contribution in [-0.2, 0) is 0 Å². The van der Waals surface area contributed by atoms with Gasteiger partial charge in [-0.3, -0.25) is 0 Å². The smallest absolute Gasteiger partial charge is 0.412 e. The Bertz CT molecular complexity index is 91.7. The van der Waals surface area contributed by atoms with Crippen LogP contribution in [0, 0.1) is 69.3 Å². The van der Waals surface area contributed by atoms with Gasteiger partial charge in [-0.15, -0.1) is 30.7 Å². The summed E-state index contributed by atoms with van der Waals surface area (Å²) in [6.45, 7) is 0. The molecule has 0 aliphatic rings. The summed E-state index contributed by atoms with van der Waals surface area (Å²) in [6, 6.07) is 0. The summed E-state index contributed by atoms with van der Waals surface area (Å²) in [6.07, 6.45) is 0. The second-order valence-electron chi connectivity index (χ2n) is 1.13. The molecular formula is H2Cl3O13Tb. The standard InChI is InChI=1S/3ClHO4.H2O.Tb/c3*2-1(3,4)5;;/h3*(H,2,3,4,5);1H2;/q;;;;+3/p-3. The van der Waals surface area contributed by atoms with E-state index in [2.05, 4.69) is 0 Å². The average Bonchev–Trinajstić information content (AvgIpc) is 1.41. The Balaban J connectivity index is -0.0000000400. The molecule has 0 spiro atoms. The summed E-state index contributed by atoms with van der Waals surface area (Å²) in [5.74, 6) is 0. The number of rotatable bonds is 0. The first kappa shape index (κ1) is 31.2. The fourth-order valence-corrected chi connectivity index (χ4v) is 0. The summed E-state index contributed by atoms with van der Waals surface area (Å²) in [4.78, 5) is 0. The van der Waals surface area contributed by atoms with Crippen molar-refractivity contribution in [3.05, 3.63) is 0 Å². The molecule has 0 fully saturated rings. The van der Waals surface area contributed by atoms with E-state index < -0.39 is 30.7 Å². The van der Waals surface area contributed by atoms with Crippen molar-refractivity contribution in [1.29, 1.82) is 0 Å². The first-order valence-corrected chi connectivity index (χ1v) is 5.55. The molecule has 0 heterocycles. The molecule has 0 amide bonds. The minimum Gasteiger partial charge on any atom is -0.412 e. The molecule has 0 aliphatic heterocycles. The van der Waals surface area contributed by atoms with E-state index in [4.69, 9.17) is 55.9 Å². The topological polar surface area (TPSA) is 308 Å². The molecule has 0 aromatic rings. The first-order chi connectivity index (χ1) is 6.00. The van der Waals surface area contributed by atoms with E-state index in [0.29, 0.717) is 0 Å². The van der Waals surface area contributed by atoms with Gasteiger partial charge in [-0.05, 0) is 0 Å². The van der Waals surface area contributed by atoms with Crippen molar-refractivity contribution in [1.82, 2.24) is 0 Å². The summed E-state index contributed by atoms with van der Waals surface area (Å²) >= 11 is 0. The maximum Gasteiger partial charge on any atom is 3.00 e. The van der Waals surface area contributed by atoms with Gasteiger partial charge in [0, 0.05) is 0 Å². The molecule has 0 rings (SSSR count). The summed E-state index contributed by atoms with van der Waals surface area (Å²) in [5, 5.41) is 0. The molecule has 0 radical (unpaired) electrons. The molecule has 0 aromatic heterocycles. The molecule has 0 bridgehead atoms. The van der Waals surface area contributed by atoms with Gasteiger partial charge in [0.1, 0.15) is 0 Å². The van der Waals surface area contributed by atoms with E-state index in [-0.39, 0.29) is 44.1 Å². The Hall–Kier alpha value is 1.64. The summed E-state index contributed by atoms with van der Waals surface area (Å²) in [7, 11) is -14.8. The van der Waals surface area contributed by atoms with Crippen molar-refractivity contribution in [3.8, 4) is 0 Å². The van der Waals surface area contributed by atoms with Gasteiger partial charge >= 0.3 is 38.6 Å². The van der Waals surface area contributed by atoms with Gasteiger partial charge < -0.3 is 5.48 Å². The SMILES string of the molecule is O.[O-][Cl+3]([O-])([O-])[O-].[O-][Cl+3]([O-])([O-])[O-].[O-][Cl+3]([O-])([O-])[O-].[Tb+3]. The molecule has 0 unspecified atom stereocenters. The Morgan fingerprint density at radius 1 is 0.353 bits per heavy atom. The Morgan fingerprint density at radius 2 is 0.353 bits per heavy atom. The molecule has 2 N–H and O–H groups in total. The van der Waals surface area contributed by atoms with Gasteiger partial charge in [0.2, 0.25) is 0 Å². The quantitative estimate of drug-likeness (QED) is 0.315. The number of hydrogen-bond donors (Lipinski definition) is 0. The molecule has 0 saturated heterocycles. The third-order valence-electron chi connectivity index (χ3n) is 0. The molecule has 17 heavy (non-hydrogen) atoms. The fraction of sp³-hybridized carbons (Fsp3) is 0. The Morgan fingerprint density at radius 3 is 0.353 bits per heavy atom. The van der Waals surface area contributed by atoms with Gasteiger partial charge in [-0.25, -0.2) is 55.9 Å². The van der Waals surface area contributed by atoms with Crippen LogP contribution in [0.5, 0.6) is 0 Å². The molecule has 13 nitrogen and oxygen atoms in total. The number of hydrogen-bond acceptors (Lipinski definition) is 12. The van der Waals surface area contributed by atoms with Crippen molar-refractivity contribution in [2.24, 2.45) is 0 Å². The first-order valence-electron chi connectivity index (χ1n) is 1.85. The predicted molar refractivity (Wildman–Crippen MR) is 3.61 cm³/mol. The third-order valence-corrected chi connectivity index (χ3v) is 0. The third kappa shape index (κ3) is 1610. The zero-order valence-electron chi connectivity index (χ0n) is 6.87. The molecule has 0 saturated carbocycles. The monoisotopic (exact) mass is 474 g/mol. The normalized spacial score (nSPS) is 10.6. The van der Waals surface area contributed by atoms with Crippen LogP contribution in [-0.4, -0.2) is 5.48 Å². The average molecular weight is 475 g/mol. The molecule has 0 aromatic carbocycles. The van der Waals surface area contributed by atoms with Gasteiger partial charge in [-0.1, -0.05) is 0 Å². The predicted octanol–water partition coefficient (Wildman–Crippen LogP) is -15.1. The Kier molecular flexibility index (Phi) is 23.2. The Labute approximate surface area is 130 Å². The van der Waals surface area contributed by atoms with Crippen LogP contribution in [0.2, 0.25) is 0 Å². The second-order valence-corrected chi connectivity index (χ2v) is 3.40. The zero-order chi connectivity index (χ0) is 13.5. The van der Waals surface area contributed by atoms with Crippen molar-refractivity contribution in [3.63, 3.8) is 0 Å². The fourth-order valence-electron chi connectivity index (χ4n) is 0. The van der Waals surface area contributed by atoms with Crippen LogP contribution in [0.25, 0.3) is 0 Å². The van der Waals surface area contributed by atoms with Crippen molar-refractivity contribution in [2.45, 2.75) is 0 Å². The van der Waals surface area contributed by atoms with Crippen molar-refractivity contribution < 1.29 is 131 Å². The minimum absolute atomic E-state index is 0. The van der Waals surface area contributed by atoms with Crippen LogP contribution in [0.3, 0.4) is 0 Å². The van der Waals surface area contributed by atoms with E-state index in [1.54, 1.807) is 0 Å². The number of halogens is 3. The van der Waals surface area contributed by atoms with Gasteiger partial charge in [0.25, 0.3) is 0 Å². The molecule has 0 atom stereocenters. The van der Waals surface area contributed by atoms with Crippen LogP contribution >= 0.6 is 0 Å². The van der Waals surface area contributed by atoms with Gasteiger partial charge in [0.15, 0.2) is 0 Å². The van der Waals surface area contributed by atoms with E-state index in [9.17, 15) is 0 Å². The van der Waals surface area contributed by atoms with Gasteiger partial charge in [0.05, 0.1) is 0 Å². The summed E-state index contributed by atoms with van der Waals surface area (Å²) < 4.78 is 102. The summed E-state index contributed by atoms with van der Waals surface area (Å²) in [5.41, 5.74) is 0. The van der Waals surface area contributed by atoms with Crippen molar-refractivity contribution >= 4 is 0 Å². The molecule has 17 heteroatoms. The van der Waals surface area contributed by atoms with Gasteiger partial charge in [-0.2, -0.15) is 0 Å². The van der Waals surface area contributed by atoms with E-state index >= 15 is 0 Å². The maximum absolute atomic E-state index is 8.49. The second kappa shape index (κ2) is 12.7. The van der Waals surface area contributed by atoms with Crippen molar-refractivity contribution in [2.75, 3.05) is 0 Å². The van der Waals surface area contributed by atoms with Crippen LogP contribution in [0.4, 0.5) is 0 Å². The van der Waals surface area contributed by atoms with E-state index in [1.165, 1.54) is 0 Å². The largest absolute Gasteiger partial charge is 3.00 e. The maximum atomic E-state index is 8.49. The molecule has 0 aliphatic carbocycles. The molecule has 110 valence electrons. The van der Waals surface area contributed by atoms with Crippen LogP contribution in [0.15, 0.2) is 0 Å². The van der Waals surface area contributed by atoms with E-state index in [0.717, 1.165) is 0 Å². The van der Waals surface area contributed by atoms with Crippen LogP contribution < -0.4 is 55.9 Å². The minimum atomic E-state index is -4.94. The molecular weight excluding hydrogens is 473 g/mol. The zero-order valence-corrected chi connectivity index (χ0v) is 11.3. The van der Waals surface area contributed by atoms with Crippen LogP contribution in [0.1, 0.15) is 0 Å².